The number of sulfonamides is 1. The maximum atomic E-state index is 12.9. The molecule has 0 aromatic heterocycles. The van der Waals surface area contributed by atoms with Gasteiger partial charge in [-0.2, -0.15) is 4.31 Å². The van der Waals surface area contributed by atoms with Crippen molar-refractivity contribution in [3.8, 4) is 0 Å². The Bertz CT molecular complexity index is 832. The fourth-order valence-corrected chi connectivity index (χ4v) is 6.67. The number of piperidine rings is 1. The summed E-state index contributed by atoms with van der Waals surface area (Å²) in [6.45, 7) is 6.77. The minimum atomic E-state index is -3.78. The van der Waals surface area contributed by atoms with E-state index < -0.39 is 10.0 Å². The third kappa shape index (κ3) is 6.55. The van der Waals surface area contributed by atoms with Gasteiger partial charge < -0.3 is 15.1 Å². The molecule has 2 aliphatic heterocycles. The Balaban J connectivity index is 1.39. The SMILES string of the molecule is CN1CCN(CCCCNC(=O)C2CCN(S(=O)(=O)c3c(Cl)cccc3Cl)CC2)CC1. The molecule has 1 aromatic rings. The number of amides is 1. The van der Waals surface area contributed by atoms with Crippen LogP contribution < -0.4 is 5.32 Å². The summed E-state index contributed by atoms with van der Waals surface area (Å²) in [4.78, 5) is 17.3. The van der Waals surface area contributed by atoms with Crippen molar-refractivity contribution in [2.24, 2.45) is 5.92 Å². The number of carbonyl (C=O) groups is 1. The molecule has 0 saturated carbocycles. The van der Waals surface area contributed by atoms with Crippen LogP contribution in [0.2, 0.25) is 10.0 Å². The highest BCUT2D eigenvalue weighted by Gasteiger charge is 2.34. The van der Waals surface area contributed by atoms with E-state index in [9.17, 15) is 13.2 Å². The molecule has 2 heterocycles. The third-order valence-electron chi connectivity index (χ3n) is 6.14. The predicted molar refractivity (Wildman–Crippen MR) is 124 cm³/mol. The molecule has 2 aliphatic rings. The number of carbonyl (C=O) groups excluding carboxylic acids is 1. The van der Waals surface area contributed by atoms with E-state index in [1.165, 1.54) is 16.4 Å². The Labute approximate surface area is 195 Å². The van der Waals surface area contributed by atoms with Crippen LogP contribution in [0.4, 0.5) is 0 Å². The lowest BCUT2D eigenvalue weighted by atomic mass is 9.97. The van der Waals surface area contributed by atoms with Gasteiger partial charge in [0.25, 0.3) is 0 Å². The average Bonchev–Trinajstić information content (AvgIpc) is 2.74. The molecule has 0 spiro atoms. The molecule has 2 fully saturated rings. The smallest absolute Gasteiger partial charge is 0.246 e. The second kappa shape index (κ2) is 11.3. The van der Waals surface area contributed by atoms with Crippen LogP contribution >= 0.6 is 23.2 Å². The van der Waals surface area contributed by atoms with E-state index in [2.05, 4.69) is 22.2 Å². The number of nitrogens with one attached hydrogen (secondary N) is 1. The second-order valence-electron chi connectivity index (χ2n) is 8.37. The van der Waals surface area contributed by atoms with Gasteiger partial charge in [0.2, 0.25) is 15.9 Å². The molecule has 0 bridgehead atoms. The van der Waals surface area contributed by atoms with E-state index in [4.69, 9.17) is 23.2 Å². The summed E-state index contributed by atoms with van der Waals surface area (Å²) < 4.78 is 27.3. The number of hydrogen-bond donors (Lipinski definition) is 1. The minimum absolute atomic E-state index is 0.0208. The maximum Gasteiger partial charge on any atom is 0.246 e. The number of likely N-dealkylation sites (N-methyl/N-ethyl adjacent to an activating group) is 1. The van der Waals surface area contributed by atoms with Crippen molar-refractivity contribution in [1.29, 1.82) is 0 Å². The highest BCUT2D eigenvalue weighted by Crippen LogP contribution is 2.33. The predicted octanol–water partition coefficient (Wildman–Crippen LogP) is 2.54. The van der Waals surface area contributed by atoms with Crippen LogP contribution in [0.3, 0.4) is 0 Å². The number of unbranched alkanes of at least 4 members (excludes halogenated alkanes) is 1. The van der Waals surface area contributed by atoms with Gasteiger partial charge >= 0.3 is 0 Å². The number of halogens is 2. The van der Waals surface area contributed by atoms with E-state index in [1.54, 1.807) is 6.07 Å². The summed E-state index contributed by atoms with van der Waals surface area (Å²) in [6, 6.07) is 4.65. The van der Waals surface area contributed by atoms with Gasteiger partial charge in [0.1, 0.15) is 4.90 Å². The molecule has 10 heteroatoms. The Morgan fingerprint density at radius 3 is 2.26 bits per heavy atom. The number of rotatable bonds is 8. The molecule has 7 nitrogen and oxygen atoms in total. The number of piperazine rings is 1. The van der Waals surface area contributed by atoms with Crippen LogP contribution in [-0.4, -0.2) is 87.8 Å². The van der Waals surface area contributed by atoms with Crippen molar-refractivity contribution in [2.45, 2.75) is 30.6 Å². The topological polar surface area (TPSA) is 73.0 Å². The zero-order valence-electron chi connectivity index (χ0n) is 18.0. The van der Waals surface area contributed by atoms with E-state index in [1.807, 2.05) is 0 Å². The molecule has 31 heavy (non-hydrogen) atoms. The van der Waals surface area contributed by atoms with E-state index in [0.717, 1.165) is 45.6 Å². The molecule has 1 N–H and O–H groups in total. The summed E-state index contributed by atoms with van der Waals surface area (Å²) >= 11 is 12.2. The molecule has 2 saturated heterocycles. The standard InChI is InChI=1S/C21H32Cl2N4O3S/c1-25-13-15-26(16-14-25)10-3-2-9-24-21(28)17-7-11-27(12-8-17)31(29,30)20-18(22)5-4-6-19(20)23/h4-6,17H,2-3,7-16H2,1H3,(H,24,28). The first-order valence-electron chi connectivity index (χ1n) is 10.9. The average molecular weight is 491 g/mol. The zero-order valence-corrected chi connectivity index (χ0v) is 20.4. The van der Waals surface area contributed by atoms with Crippen molar-refractivity contribution < 1.29 is 13.2 Å². The quantitative estimate of drug-likeness (QED) is 0.566. The Morgan fingerprint density at radius 1 is 1.03 bits per heavy atom. The molecular formula is C21H32Cl2N4O3S. The largest absolute Gasteiger partial charge is 0.356 e. The molecule has 0 atom stereocenters. The highest BCUT2D eigenvalue weighted by molar-refractivity contribution is 7.89. The third-order valence-corrected chi connectivity index (χ3v) is 8.99. The van der Waals surface area contributed by atoms with E-state index >= 15 is 0 Å². The molecule has 1 amide bonds. The maximum absolute atomic E-state index is 12.9. The summed E-state index contributed by atoms with van der Waals surface area (Å²) in [5.41, 5.74) is 0. The number of nitrogens with zero attached hydrogens (tertiary/aromatic N) is 3. The Kier molecular flexibility index (Phi) is 9.01. The van der Waals surface area contributed by atoms with Crippen LogP contribution in [0.5, 0.6) is 0 Å². The summed E-state index contributed by atoms with van der Waals surface area (Å²) in [5.74, 6) is -0.141. The molecule has 0 radical (unpaired) electrons. The lowest BCUT2D eigenvalue weighted by molar-refractivity contribution is -0.126. The first-order valence-corrected chi connectivity index (χ1v) is 13.1. The summed E-state index contributed by atoms with van der Waals surface area (Å²) in [5, 5.41) is 3.25. The van der Waals surface area contributed by atoms with Gasteiger partial charge in [-0.1, -0.05) is 29.3 Å². The van der Waals surface area contributed by atoms with Gasteiger partial charge in [0.05, 0.1) is 10.0 Å². The van der Waals surface area contributed by atoms with Gasteiger partial charge in [-0.25, -0.2) is 8.42 Å². The minimum Gasteiger partial charge on any atom is -0.356 e. The van der Waals surface area contributed by atoms with E-state index in [-0.39, 0.29) is 39.9 Å². The van der Waals surface area contributed by atoms with Crippen molar-refractivity contribution in [1.82, 2.24) is 19.4 Å². The lowest BCUT2D eigenvalue weighted by Gasteiger charge is -2.32. The molecular weight excluding hydrogens is 459 g/mol. The Hall–Kier alpha value is -0.900. The van der Waals surface area contributed by atoms with Crippen LogP contribution in [0.15, 0.2) is 23.1 Å². The lowest BCUT2D eigenvalue weighted by Crippen LogP contribution is -2.45. The van der Waals surface area contributed by atoms with Crippen molar-refractivity contribution in [3.05, 3.63) is 28.2 Å². The van der Waals surface area contributed by atoms with Crippen molar-refractivity contribution in [2.75, 3.05) is 59.4 Å². The number of benzene rings is 1. The van der Waals surface area contributed by atoms with E-state index in [0.29, 0.717) is 19.4 Å². The van der Waals surface area contributed by atoms with Gasteiger partial charge in [-0.15, -0.1) is 0 Å². The van der Waals surface area contributed by atoms with Crippen LogP contribution in [0.25, 0.3) is 0 Å². The fraction of sp³-hybridized carbons (Fsp3) is 0.667. The van der Waals surface area contributed by atoms with Gasteiger partial charge in [-0.05, 0) is 51.4 Å². The van der Waals surface area contributed by atoms with Crippen LogP contribution in [0, 0.1) is 5.92 Å². The second-order valence-corrected chi connectivity index (χ2v) is 11.1. The fourth-order valence-electron chi connectivity index (χ4n) is 4.10. The Morgan fingerprint density at radius 2 is 1.65 bits per heavy atom. The highest BCUT2D eigenvalue weighted by atomic mass is 35.5. The monoisotopic (exact) mass is 490 g/mol. The van der Waals surface area contributed by atoms with Crippen molar-refractivity contribution in [3.63, 3.8) is 0 Å². The van der Waals surface area contributed by atoms with Gasteiger partial charge in [0.15, 0.2) is 0 Å². The normalized spacial score (nSPS) is 20.1. The zero-order chi connectivity index (χ0) is 22.4. The molecule has 1 aromatic carbocycles. The molecule has 174 valence electrons. The van der Waals surface area contributed by atoms with Gasteiger partial charge in [0, 0.05) is 51.7 Å². The number of hydrogen-bond acceptors (Lipinski definition) is 5. The van der Waals surface area contributed by atoms with Crippen LogP contribution in [-0.2, 0) is 14.8 Å². The first-order chi connectivity index (χ1) is 14.8. The first kappa shape index (κ1) is 24.7. The summed E-state index contributed by atoms with van der Waals surface area (Å²) in [6.07, 6.45) is 3.01. The van der Waals surface area contributed by atoms with Gasteiger partial charge in [-0.3, -0.25) is 4.79 Å². The summed E-state index contributed by atoms with van der Waals surface area (Å²) in [7, 11) is -1.63. The molecule has 3 rings (SSSR count). The van der Waals surface area contributed by atoms with Crippen molar-refractivity contribution >= 4 is 39.1 Å². The van der Waals surface area contributed by atoms with Crippen LogP contribution in [0.1, 0.15) is 25.7 Å². The molecule has 0 aliphatic carbocycles. The molecule has 0 unspecified atom stereocenters.